The van der Waals surface area contributed by atoms with Crippen molar-refractivity contribution in [2.24, 2.45) is 0 Å². The van der Waals surface area contributed by atoms with Crippen LogP contribution in [0.25, 0.3) is 0 Å². The van der Waals surface area contributed by atoms with Crippen molar-refractivity contribution in [2.45, 2.75) is 18.2 Å². The molecule has 0 unspecified atom stereocenters. The summed E-state index contributed by atoms with van der Waals surface area (Å²) in [7, 11) is -3.61. The van der Waals surface area contributed by atoms with Crippen molar-refractivity contribution in [1.82, 2.24) is 14.3 Å². The third-order valence-corrected chi connectivity index (χ3v) is 6.18. The van der Waals surface area contributed by atoms with Gasteiger partial charge in [0.05, 0.1) is 4.47 Å². The Kier molecular flexibility index (Phi) is 5.91. The molecule has 8 heteroatoms. The first-order chi connectivity index (χ1) is 10.4. The van der Waals surface area contributed by atoms with Gasteiger partial charge < -0.3 is 0 Å². The monoisotopic (exact) mass is 403 g/mol. The molecule has 118 valence electrons. The molecule has 0 spiro atoms. The number of sulfonamides is 1. The number of halogens is 2. The van der Waals surface area contributed by atoms with Gasteiger partial charge >= 0.3 is 0 Å². The second-order valence-corrected chi connectivity index (χ2v) is 7.66. The van der Waals surface area contributed by atoms with Crippen LogP contribution in [0.15, 0.2) is 46.0 Å². The van der Waals surface area contributed by atoms with Gasteiger partial charge in [-0.15, -0.1) is 0 Å². The molecule has 0 saturated carbocycles. The number of nitrogens with zero attached hydrogens (tertiary/aromatic N) is 3. The minimum absolute atomic E-state index is 0.117. The van der Waals surface area contributed by atoms with E-state index in [1.54, 1.807) is 13.1 Å². The van der Waals surface area contributed by atoms with Gasteiger partial charge in [0.25, 0.3) is 0 Å². The van der Waals surface area contributed by atoms with E-state index in [4.69, 9.17) is 11.6 Å². The highest BCUT2D eigenvalue weighted by atomic mass is 79.9. The zero-order valence-electron chi connectivity index (χ0n) is 11.9. The molecule has 0 fully saturated rings. The Morgan fingerprint density at radius 1 is 1.32 bits per heavy atom. The largest absolute Gasteiger partial charge is 0.261 e. The molecule has 2 rings (SSSR count). The number of likely N-dealkylation sites (N-methyl/N-ethyl adjacent to an activating group) is 1. The SMILES string of the molecule is CCN(CCc1ccccn1)S(=O)(=O)c1cnc(Cl)c(Br)c1. The van der Waals surface area contributed by atoms with Crippen LogP contribution in [0, 0.1) is 0 Å². The van der Waals surface area contributed by atoms with Gasteiger partial charge in [-0.05, 0) is 34.1 Å². The van der Waals surface area contributed by atoms with Crippen molar-refractivity contribution in [2.75, 3.05) is 13.1 Å². The Bertz CT molecular complexity index is 741. The zero-order valence-corrected chi connectivity index (χ0v) is 15.1. The molecule has 0 aromatic carbocycles. The topological polar surface area (TPSA) is 63.2 Å². The van der Waals surface area contributed by atoms with E-state index in [0.29, 0.717) is 24.0 Å². The highest BCUT2D eigenvalue weighted by Gasteiger charge is 2.24. The van der Waals surface area contributed by atoms with Gasteiger partial charge in [0.1, 0.15) is 10.0 Å². The number of aromatic nitrogens is 2. The van der Waals surface area contributed by atoms with E-state index < -0.39 is 10.0 Å². The predicted molar refractivity (Wildman–Crippen MR) is 89.3 cm³/mol. The molecule has 0 aliphatic rings. The second kappa shape index (κ2) is 7.50. The first kappa shape index (κ1) is 17.3. The average molecular weight is 405 g/mol. The smallest absolute Gasteiger partial charge is 0.244 e. The molecule has 0 N–H and O–H groups in total. The summed E-state index contributed by atoms with van der Waals surface area (Å²) >= 11 is 9.01. The molecule has 0 aliphatic heterocycles. The van der Waals surface area contributed by atoms with Crippen molar-refractivity contribution in [3.63, 3.8) is 0 Å². The normalized spacial score (nSPS) is 11.8. The van der Waals surface area contributed by atoms with Crippen LogP contribution >= 0.6 is 27.5 Å². The molecule has 5 nitrogen and oxygen atoms in total. The van der Waals surface area contributed by atoms with Crippen LogP contribution in [-0.4, -0.2) is 35.8 Å². The maximum Gasteiger partial charge on any atom is 0.244 e. The standard InChI is InChI=1S/C14H15BrClN3O2S/c1-2-19(8-6-11-5-3-4-7-17-11)22(20,21)12-9-13(15)14(16)18-10-12/h3-5,7,9-10H,2,6,8H2,1H3. The summed E-state index contributed by atoms with van der Waals surface area (Å²) < 4.78 is 27.2. The number of rotatable bonds is 6. The predicted octanol–water partition coefficient (Wildman–Crippen LogP) is 3.15. The molecule has 0 atom stereocenters. The fraction of sp³-hybridized carbons (Fsp3) is 0.286. The Balaban J connectivity index is 2.19. The summed E-state index contributed by atoms with van der Waals surface area (Å²) in [6.45, 7) is 2.53. The third kappa shape index (κ3) is 4.04. The van der Waals surface area contributed by atoms with Crippen molar-refractivity contribution in [3.05, 3.63) is 52.0 Å². The number of pyridine rings is 2. The molecule has 2 heterocycles. The van der Waals surface area contributed by atoms with Gasteiger partial charge in [0, 0.05) is 37.6 Å². The molecule has 2 aromatic heterocycles. The minimum atomic E-state index is -3.61. The first-order valence-corrected chi connectivity index (χ1v) is 9.27. The second-order valence-electron chi connectivity index (χ2n) is 4.51. The highest BCUT2D eigenvalue weighted by molar-refractivity contribution is 9.10. The van der Waals surface area contributed by atoms with Gasteiger partial charge in [-0.1, -0.05) is 24.6 Å². The van der Waals surface area contributed by atoms with Crippen molar-refractivity contribution < 1.29 is 8.42 Å². The summed E-state index contributed by atoms with van der Waals surface area (Å²) in [5, 5.41) is 0.232. The Labute approximate surface area is 143 Å². The lowest BCUT2D eigenvalue weighted by Crippen LogP contribution is -2.33. The Hall–Kier alpha value is -1.02. The van der Waals surface area contributed by atoms with E-state index in [0.717, 1.165) is 5.69 Å². The molecule has 0 bridgehead atoms. The van der Waals surface area contributed by atoms with Crippen LogP contribution in [0.1, 0.15) is 12.6 Å². The first-order valence-electron chi connectivity index (χ1n) is 6.66. The minimum Gasteiger partial charge on any atom is -0.261 e. The van der Waals surface area contributed by atoms with Crippen LogP contribution < -0.4 is 0 Å². The van der Waals surface area contributed by atoms with Crippen molar-refractivity contribution in [3.8, 4) is 0 Å². The fourth-order valence-corrected chi connectivity index (χ4v) is 3.95. The third-order valence-electron chi connectivity index (χ3n) is 3.11. The number of hydrogen-bond acceptors (Lipinski definition) is 4. The number of hydrogen-bond donors (Lipinski definition) is 0. The maximum absolute atomic E-state index is 12.6. The van der Waals surface area contributed by atoms with E-state index in [2.05, 4.69) is 25.9 Å². The van der Waals surface area contributed by atoms with E-state index >= 15 is 0 Å². The molecular weight excluding hydrogens is 390 g/mol. The Morgan fingerprint density at radius 2 is 2.09 bits per heavy atom. The van der Waals surface area contributed by atoms with E-state index in [9.17, 15) is 8.42 Å². The van der Waals surface area contributed by atoms with Crippen LogP contribution in [0.4, 0.5) is 0 Å². The van der Waals surface area contributed by atoms with Crippen molar-refractivity contribution >= 4 is 37.6 Å². The molecule has 22 heavy (non-hydrogen) atoms. The van der Waals surface area contributed by atoms with Gasteiger partial charge in [-0.3, -0.25) is 4.98 Å². The quantitative estimate of drug-likeness (QED) is 0.694. The molecule has 0 amide bonds. The van der Waals surface area contributed by atoms with E-state index in [-0.39, 0.29) is 10.0 Å². The van der Waals surface area contributed by atoms with Crippen LogP contribution in [0.2, 0.25) is 5.15 Å². The molecule has 0 radical (unpaired) electrons. The average Bonchev–Trinajstić information content (AvgIpc) is 2.51. The van der Waals surface area contributed by atoms with Crippen molar-refractivity contribution in [1.29, 1.82) is 0 Å². The van der Waals surface area contributed by atoms with Gasteiger partial charge in [0.15, 0.2) is 0 Å². The van der Waals surface area contributed by atoms with Gasteiger partial charge in [-0.25, -0.2) is 13.4 Å². The van der Waals surface area contributed by atoms with Crippen LogP contribution in [0.5, 0.6) is 0 Å². The summed E-state index contributed by atoms with van der Waals surface area (Å²) in [5.41, 5.74) is 0.853. The fourth-order valence-electron chi connectivity index (χ4n) is 1.93. The zero-order chi connectivity index (χ0) is 16.2. The summed E-state index contributed by atoms with van der Waals surface area (Å²) in [6, 6.07) is 7.05. The van der Waals surface area contributed by atoms with Gasteiger partial charge in [-0.2, -0.15) is 4.31 Å². The highest BCUT2D eigenvalue weighted by Crippen LogP contribution is 2.24. The lowest BCUT2D eigenvalue weighted by atomic mass is 10.3. The summed E-state index contributed by atoms with van der Waals surface area (Å²) in [5.74, 6) is 0. The van der Waals surface area contributed by atoms with Gasteiger partial charge in [0.2, 0.25) is 10.0 Å². The maximum atomic E-state index is 12.6. The van der Waals surface area contributed by atoms with Crippen LogP contribution in [0.3, 0.4) is 0 Å². The molecule has 0 aliphatic carbocycles. The summed E-state index contributed by atoms with van der Waals surface area (Å²) in [4.78, 5) is 8.20. The lowest BCUT2D eigenvalue weighted by Gasteiger charge is -2.20. The Morgan fingerprint density at radius 3 is 2.68 bits per heavy atom. The van der Waals surface area contributed by atoms with Crippen LogP contribution in [-0.2, 0) is 16.4 Å². The lowest BCUT2D eigenvalue weighted by molar-refractivity contribution is 0.429. The van der Waals surface area contributed by atoms with E-state index in [1.807, 2.05) is 18.2 Å². The molecule has 2 aromatic rings. The molecular formula is C14H15BrClN3O2S. The van der Waals surface area contributed by atoms with E-state index in [1.165, 1.54) is 16.6 Å². The molecule has 0 saturated heterocycles. The summed E-state index contributed by atoms with van der Waals surface area (Å²) in [6.07, 6.45) is 3.52.